The predicted octanol–water partition coefficient (Wildman–Crippen LogP) is 4.88. The van der Waals surface area contributed by atoms with Crippen molar-refractivity contribution in [3.05, 3.63) is 89.0 Å². The lowest BCUT2D eigenvalue weighted by molar-refractivity contribution is 1.26. The maximum Gasteiger partial charge on any atom is 0.0991 e. The Balaban J connectivity index is 1.61. The molecule has 0 amide bonds. The fourth-order valence-electron chi connectivity index (χ4n) is 3.02. The lowest BCUT2D eigenvalue weighted by Gasteiger charge is -2.02. The summed E-state index contributed by atoms with van der Waals surface area (Å²) in [4.78, 5) is 4.49. The van der Waals surface area contributed by atoms with Crippen LogP contribution in [0.15, 0.2) is 71.7 Å². The van der Waals surface area contributed by atoms with Crippen molar-refractivity contribution >= 4 is 11.9 Å². The van der Waals surface area contributed by atoms with Gasteiger partial charge in [0.1, 0.15) is 0 Å². The second-order valence-electron chi connectivity index (χ2n) is 5.67. The Morgan fingerprint density at radius 2 is 1.65 bits per heavy atom. The Morgan fingerprint density at radius 1 is 0.870 bits per heavy atom. The lowest BCUT2D eigenvalue weighted by atomic mass is 10.0. The van der Waals surface area contributed by atoms with E-state index in [4.69, 9.17) is 5.26 Å². The van der Waals surface area contributed by atoms with E-state index in [-0.39, 0.29) is 0 Å². The highest BCUT2D eigenvalue weighted by molar-refractivity contribution is 5.86. The molecule has 23 heavy (non-hydrogen) atoms. The number of hydrogen-bond donors (Lipinski definition) is 0. The largest absolute Gasteiger partial charge is 0.256 e. The van der Waals surface area contributed by atoms with Gasteiger partial charge in [0.25, 0.3) is 0 Å². The summed E-state index contributed by atoms with van der Waals surface area (Å²) in [6, 6.07) is 24.5. The molecule has 0 unspecified atom stereocenters. The molecule has 2 nitrogen and oxygen atoms in total. The molecule has 0 atom stereocenters. The molecule has 0 saturated heterocycles. The van der Waals surface area contributed by atoms with Gasteiger partial charge in [-0.1, -0.05) is 36.4 Å². The lowest BCUT2D eigenvalue weighted by Crippen LogP contribution is -1.86. The van der Waals surface area contributed by atoms with E-state index in [1.165, 1.54) is 22.3 Å². The molecular formula is C21H14N2. The monoisotopic (exact) mass is 294 g/mol. The molecule has 0 spiro atoms. The zero-order valence-electron chi connectivity index (χ0n) is 12.5. The van der Waals surface area contributed by atoms with Crippen molar-refractivity contribution in [3.8, 4) is 17.2 Å². The van der Waals surface area contributed by atoms with Crippen molar-refractivity contribution in [3.63, 3.8) is 0 Å². The van der Waals surface area contributed by atoms with Crippen LogP contribution in [0.25, 0.3) is 11.1 Å². The van der Waals surface area contributed by atoms with E-state index in [9.17, 15) is 0 Å². The van der Waals surface area contributed by atoms with Crippen molar-refractivity contribution in [2.24, 2.45) is 4.99 Å². The van der Waals surface area contributed by atoms with Gasteiger partial charge in [-0.25, -0.2) is 0 Å². The third-order valence-electron chi connectivity index (χ3n) is 4.18. The van der Waals surface area contributed by atoms with Gasteiger partial charge in [0, 0.05) is 6.21 Å². The van der Waals surface area contributed by atoms with Crippen molar-refractivity contribution in [2.75, 3.05) is 0 Å². The Bertz CT molecular complexity index is 944. The molecular weight excluding hydrogens is 280 g/mol. The van der Waals surface area contributed by atoms with E-state index < -0.39 is 0 Å². The second-order valence-corrected chi connectivity index (χ2v) is 5.67. The van der Waals surface area contributed by atoms with Crippen LogP contribution >= 0.6 is 0 Å². The molecule has 0 heterocycles. The zero-order valence-corrected chi connectivity index (χ0v) is 12.5. The van der Waals surface area contributed by atoms with Crippen molar-refractivity contribution in [1.82, 2.24) is 0 Å². The van der Waals surface area contributed by atoms with Crippen LogP contribution in [0.1, 0.15) is 22.3 Å². The Morgan fingerprint density at radius 3 is 2.48 bits per heavy atom. The number of benzene rings is 3. The number of hydrogen-bond acceptors (Lipinski definition) is 2. The van der Waals surface area contributed by atoms with Crippen LogP contribution in [0.5, 0.6) is 0 Å². The highest BCUT2D eigenvalue weighted by atomic mass is 14.7. The fraction of sp³-hybridized carbons (Fsp3) is 0.0476. The summed E-state index contributed by atoms with van der Waals surface area (Å²) < 4.78 is 0. The van der Waals surface area contributed by atoms with Crippen LogP contribution in [-0.4, -0.2) is 6.21 Å². The van der Waals surface area contributed by atoms with Crippen LogP contribution in [0.2, 0.25) is 0 Å². The van der Waals surface area contributed by atoms with E-state index in [0.717, 1.165) is 17.7 Å². The number of aliphatic imine (C=N–C) groups is 1. The summed E-state index contributed by atoms with van der Waals surface area (Å²) in [7, 11) is 0. The third-order valence-corrected chi connectivity index (χ3v) is 4.18. The second kappa shape index (κ2) is 5.55. The summed E-state index contributed by atoms with van der Waals surface area (Å²) in [6.07, 6.45) is 2.87. The Labute approximate surface area is 135 Å². The molecule has 1 aliphatic carbocycles. The van der Waals surface area contributed by atoms with Crippen LogP contribution in [0, 0.1) is 11.3 Å². The first-order valence-electron chi connectivity index (χ1n) is 7.59. The molecule has 2 heteroatoms. The maximum atomic E-state index is 8.81. The van der Waals surface area contributed by atoms with Gasteiger partial charge in [0.2, 0.25) is 0 Å². The normalized spacial score (nSPS) is 12.0. The van der Waals surface area contributed by atoms with Crippen LogP contribution in [0.4, 0.5) is 5.69 Å². The number of nitrogens with zero attached hydrogens (tertiary/aromatic N) is 2. The average molecular weight is 294 g/mol. The maximum absolute atomic E-state index is 8.81. The first-order valence-corrected chi connectivity index (χ1v) is 7.59. The number of rotatable bonds is 2. The number of nitriles is 1. The fourth-order valence-corrected chi connectivity index (χ4v) is 3.02. The average Bonchev–Trinajstić information content (AvgIpc) is 2.98. The summed E-state index contributed by atoms with van der Waals surface area (Å²) in [5, 5.41) is 8.81. The topological polar surface area (TPSA) is 36.1 Å². The van der Waals surface area contributed by atoms with Gasteiger partial charge >= 0.3 is 0 Å². The molecule has 1 aliphatic rings. The summed E-state index contributed by atoms with van der Waals surface area (Å²) in [5.74, 6) is 0. The third kappa shape index (κ3) is 2.54. The van der Waals surface area contributed by atoms with Gasteiger partial charge in [0.15, 0.2) is 0 Å². The van der Waals surface area contributed by atoms with Crippen molar-refractivity contribution in [2.45, 2.75) is 6.42 Å². The van der Waals surface area contributed by atoms with E-state index in [2.05, 4.69) is 53.5 Å². The minimum absolute atomic E-state index is 0.652. The minimum Gasteiger partial charge on any atom is -0.256 e. The molecule has 0 saturated carbocycles. The van der Waals surface area contributed by atoms with Gasteiger partial charge in [-0.15, -0.1) is 0 Å². The smallest absolute Gasteiger partial charge is 0.0991 e. The molecule has 4 rings (SSSR count). The molecule has 0 radical (unpaired) electrons. The van der Waals surface area contributed by atoms with Crippen molar-refractivity contribution < 1.29 is 0 Å². The van der Waals surface area contributed by atoms with Crippen molar-refractivity contribution in [1.29, 1.82) is 5.26 Å². The molecule has 3 aromatic rings. The first-order chi connectivity index (χ1) is 11.3. The molecule has 0 fully saturated rings. The number of fused-ring (bicyclic) bond motifs is 3. The van der Waals surface area contributed by atoms with E-state index in [1.807, 2.05) is 18.3 Å². The van der Waals surface area contributed by atoms with E-state index >= 15 is 0 Å². The van der Waals surface area contributed by atoms with E-state index in [1.54, 1.807) is 12.1 Å². The van der Waals surface area contributed by atoms with Gasteiger partial charge < -0.3 is 0 Å². The van der Waals surface area contributed by atoms with Gasteiger partial charge in [-0.3, -0.25) is 4.99 Å². The summed E-state index contributed by atoms with van der Waals surface area (Å²) >= 11 is 0. The van der Waals surface area contributed by atoms with Crippen LogP contribution < -0.4 is 0 Å². The first kappa shape index (κ1) is 13.5. The Hall–Kier alpha value is -3.18. The SMILES string of the molecule is N#Cc1ccc(N=Cc2ccc3c(c2)Cc2ccccc2-3)cc1. The molecule has 0 aliphatic heterocycles. The quantitative estimate of drug-likeness (QED) is 0.485. The standard InChI is InChI=1S/C21H14N2/c22-13-15-5-8-19(9-6-15)23-14-16-7-10-21-18(11-16)12-17-3-1-2-4-20(17)21/h1-11,14H,12H2. The predicted molar refractivity (Wildman–Crippen MR) is 93.1 cm³/mol. The molecule has 108 valence electrons. The zero-order chi connectivity index (χ0) is 15.6. The van der Waals surface area contributed by atoms with Crippen LogP contribution in [0.3, 0.4) is 0 Å². The van der Waals surface area contributed by atoms with E-state index in [0.29, 0.717) is 5.56 Å². The van der Waals surface area contributed by atoms with Gasteiger partial charge in [-0.2, -0.15) is 5.26 Å². The highest BCUT2D eigenvalue weighted by Gasteiger charge is 2.17. The van der Waals surface area contributed by atoms with Gasteiger partial charge in [0.05, 0.1) is 17.3 Å². The molecule has 3 aromatic carbocycles. The molecule has 0 aromatic heterocycles. The minimum atomic E-state index is 0.652. The van der Waals surface area contributed by atoms with Gasteiger partial charge in [-0.05, 0) is 64.6 Å². The summed E-state index contributed by atoms with van der Waals surface area (Å²) in [6.45, 7) is 0. The molecule has 0 N–H and O–H groups in total. The highest BCUT2D eigenvalue weighted by Crippen LogP contribution is 2.36. The summed E-state index contributed by atoms with van der Waals surface area (Å²) in [5.41, 5.74) is 8.03. The Kier molecular flexibility index (Phi) is 3.25. The molecule has 0 bridgehead atoms. The van der Waals surface area contributed by atoms with Crippen LogP contribution in [-0.2, 0) is 6.42 Å².